The number of halogens is 1. The molecular formula is C13H10FN3OS. The van der Waals surface area contributed by atoms with Gasteiger partial charge in [0.15, 0.2) is 0 Å². The highest BCUT2D eigenvalue weighted by molar-refractivity contribution is 8.00. The van der Waals surface area contributed by atoms with Gasteiger partial charge < -0.3 is 0 Å². The van der Waals surface area contributed by atoms with Gasteiger partial charge in [-0.15, -0.1) is 11.8 Å². The summed E-state index contributed by atoms with van der Waals surface area (Å²) in [5.41, 5.74) is 0.478. The number of carbonyl (C=O) groups is 1. The van der Waals surface area contributed by atoms with Crippen LogP contribution < -0.4 is 4.90 Å². The van der Waals surface area contributed by atoms with Crippen molar-refractivity contribution in [2.24, 2.45) is 0 Å². The molecule has 0 saturated carbocycles. The Morgan fingerprint density at radius 1 is 1.21 bits per heavy atom. The summed E-state index contributed by atoms with van der Waals surface area (Å²) >= 11 is 1.38. The molecule has 96 valence electrons. The molecule has 1 aromatic carbocycles. The lowest BCUT2D eigenvalue weighted by Gasteiger charge is -2.22. The van der Waals surface area contributed by atoms with E-state index >= 15 is 0 Å². The number of hydrogen-bond acceptors (Lipinski definition) is 4. The SMILES string of the molecule is O=C1CS[C@@H](c2ccccc2F)N1c1ncccn1. The molecule has 1 saturated heterocycles. The molecule has 3 rings (SSSR count). The second-order valence-electron chi connectivity index (χ2n) is 4.00. The van der Waals surface area contributed by atoms with E-state index in [-0.39, 0.29) is 11.7 Å². The largest absolute Gasteiger partial charge is 0.273 e. The van der Waals surface area contributed by atoms with Crippen molar-refractivity contribution >= 4 is 23.6 Å². The smallest absolute Gasteiger partial charge is 0.240 e. The average molecular weight is 275 g/mol. The Labute approximate surface area is 113 Å². The second-order valence-corrected chi connectivity index (χ2v) is 5.07. The number of amides is 1. The molecule has 0 aliphatic carbocycles. The maximum absolute atomic E-state index is 13.9. The summed E-state index contributed by atoms with van der Waals surface area (Å²) in [4.78, 5) is 21.6. The Morgan fingerprint density at radius 2 is 1.95 bits per heavy atom. The van der Waals surface area contributed by atoms with E-state index in [1.54, 1.807) is 36.7 Å². The van der Waals surface area contributed by atoms with Crippen molar-refractivity contribution in [3.63, 3.8) is 0 Å². The van der Waals surface area contributed by atoms with Crippen molar-refractivity contribution in [2.75, 3.05) is 10.7 Å². The molecule has 6 heteroatoms. The van der Waals surface area contributed by atoms with Gasteiger partial charge in [0.25, 0.3) is 0 Å². The first kappa shape index (κ1) is 12.1. The lowest BCUT2D eigenvalue weighted by atomic mass is 10.2. The van der Waals surface area contributed by atoms with Crippen molar-refractivity contribution < 1.29 is 9.18 Å². The lowest BCUT2D eigenvalue weighted by molar-refractivity contribution is -0.115. The van der Waals surface area contributed by atoms with Crippen LogP contribution in [-0.4, -0.2) is 21.6 Å². The van der Waals surface area contributed by atoms with Gasteiger partial charge in [0.1, 0.15) is 11.2 Å². The van der Waals surface area contributed by atoms with Gasteiger partial charge in [-0.05, 0) is 12.1 Å². The zero-order valence-corrected chi connectivity index (χ0v) is 10.7. The Hall–Kier alpha value is -1.95. The summed E-state index contributed by atoms with van der Waals surface area (Å²) in [5, 5.41) is -0.406. The minimum Gasteiger partial charge on any atom is -0.273 e. The first-order chi connectivity index (χ1) is 9.27. The summed E-state index contributed by atoms with van der Waals surface area (Å²) in [6.07, 6.45) is 3.13. The summed E-state index contributed by atoms with van der Waals surface area (Å²) < 4.78 is 13.9. The monoisotopic (exact) mass is 275 g/mol. The molecule has 1 aromatic heterocycles. The predicted molar refractivity (Wildman–Crippen MR) is 71.1 cm³/mol. The van der Waals surface area contributed by atoms with Gasteiger partial charge in [0.05, 0.1) is 5.75 Å². The van der Waals surface area contributed by atoms with E-state index in [9.17, 15) is 9.18 Å². The van der Waals surface area contributed by atoms with E-state index < -0.39 is 5.37 Å². The van der Waals surface area contributed by atoms with Crippen LogP contribution in [0.1, 0.15) is 10.9 Å². The fraction of sp³-hybridized carbons (Fsp3) is 0.154. The number of rotatable bonds is 2. The number of carbonyl (C=O) groups excluding carboxylic acids is 1. The van der Waals surface area contributed by atoms with E-state index in [0.717, 1.165) is 0 Å². The summed E-state index contributed by atoms with van der Waals surface area (Å²) in [5.74, 6) is 0.183. The van der Waals surface area contributed by atoms with Gasteiger partial charge in [0, 0.05) is 18.0 Å². The highest BCUT2D eigenvalue weighted by Crippen LogP contribution is 2.41. The lowest BCUT2D eigenvalue weighted by Crippen LogP contribution is -2.29. The number of nitrogens with zero attached hydrogens (tertiary/aromatic N) is 3. The Kier molecular flexibility index (Phi) is 3.16. The Balaban J connectivity index is 2.02. The molecule has 1 amide bonds. The zero-order valence-electron chi connectivity index (χ0n) is 9.86. The highest BCUT2D eigenvalue weighted by Gasteiger charge is 2.36. The molecule has 0 radical (unpaired) electrons. The molecule has 1 atom stereocenters. The van der Waals surface area contributed by atoms with Crippen LogP contribution in [-0.2, 0) is 4.79 Å². The van der Waals surface area contributed by atoms with Crippen molar-refractivity contribution in [1.82, 2.24) is 9.97 Å². The van der Waals surface area contributed by atoms with Gasteiger partial charge in [0.2, 0.25) is 11.9 Å². The molecule has 0 unspecified atom stereocenters. The van der Waals surface area contributed by atoms with Crippen LogP contribution >= 0.6 is 11.8 Å². The summed E-state index contributed by atoms with van der Waals surface area (Å²) in [6, 6.07) is 8.13. The van der Waals surface area contributed by atoms with E-state index in [1.807, 2.05) is 0 Å². The van der Waals surface area contributed by atoms with E-state index in [1.165, 1.54) is 22.7 Å². The molecule has 1 aliphatic rings. The van der Waals surface area contributed by atoms with Crippen molar-refractivity contribution in [1.29, 1.82) is 0 Å². The Bertz CT molecular complexity index is 608. The van der Waals surface area contributed by atoms with Crippen LogP contribution in [0.5, 0.6) is 0 Å². The van der Waals surface area contributed by atoms with Crippen molar-refractivity contribution in [3.8, 4) is 0 Å². The van der Waals surface area contributed by atoms with E-state index in [0.29, 0.717) is 17.3 Å². The van der Waals surface area contributed by atoms with Crippen LogP contribution in [0.15, 0.2) is 42.7 Å². The fourth-order valence-corrected chi connectivity index (χ4v) is 3.13. The van der Waals surface area contributed by atoms with Crippen LogP contribution in [0, 0.1) is 5.82 Å². The fourth-order valence-electron chi connectivity index (χ4n) is 1.96. The molecule has 0 bridgehead atoms. The standard InChI is InChI=1S/C13H10FN3OS/c14-10-5-2-1-4-9(10)12-17(11(18)8-19-12)13-15-6-3-7-16-13/h1-7,12H,8H2/t12-/m0/s1. The summed E-state index contributed by atoms with van der Waals surface area (Å²) in [6.45, 7) is 0. The quantitative estimate of drug-likeness (QED) is 0.844. The average Bonchev–Trinajstić information content (AvgIpc) is 2.82. The minimum absolute atomic E-state index is 0.107. The van der Waals surface area contributed by atoms with Crippen LogP contribution in [0.3, 0.4) is 0 Å². The van der Waals surface area contributed by atoms with Gasteiger partial charge >= 0.3 is 0 Å². The number of hydrogen-bond donors (Lipinski definition) is 0. The molecule has 2 heterocycles. The van der Waals surface area contributed by atoms with Gasteiger partial charge in [-0.1, -0.05) is 18.2 Å². The van der Waals surface area contributed by atoms with E-state index in [4.69, 9.17) is 0 Å². The number of anilines is 1. The van der Waals surface area contributed by atoms with Gasteiger partial charge in [-0.3, -0.25) is 9.69 Å². The van der Waals surface area contributed by atoms with E-state index in [2.05, 4.69) is 9.97 Å². The van der Waals surface area contributed by atoms with Crippen molar-refractivity contribution in [3.05, 3.63) is 54.1 Å². The molecule has 2 aromatic rings. The van der Waals surface area contributed by atoms with Gasteiger partial charge in [-0.2, -0.15) is 0 Å². The molecule has 0 spiro atoms. The highest BCUT2D eigenvalue weighted by atomic mass is 32.2. The van der Waals surface area contributed by atoms with Crippen LogP contribution in [0.25, 0.3) is 0 Å². The van der Waals surface area contributed by atoms with Crippen molar-refractivity contribution in [2.45, 2.75) is 5.37 Å². The van der Waals surface area contributed by atoms with Crippen LogP contribution in [0.2, 0.25) is 0 Å². The topological polar surface area (TPSA) is 46.1 Å². The number of thioether (sulfide) groups is 1. The molecule has 0 N–H and O–H groups in total. The third kappa shape index (κ3) is 2.19. The van der Waals surface area contributed by atoms with Gasteiger partial charge in [-0.25, -0.2) is 14.4 Å². The molecule has 1 aliphatic heterocycles. The number of aromatic nitrogens is 2. The Morgan fingerprint density at radius 3 is 2.68 bits per heavy atom. The third-order valence-corrected chi connectivity index (χ3v) is 4.00. The normalized spacial score (nSPS) is 18.9. The predicted octanol–water partition coefficient (Wildman–Crippen LogP) is 2.39. The molecule has 4 nitrogen and oxygen atoms in total. The minimum atomic E-state index is -0.406. The first-order valence-electron chi connectivity index (χ1n) is 5.72. The zero-order chi connectivity index (χ0) is 13.2. The molecular weight excluding hydrogens is 265 g/mol. The van der Waals surface area contributed by atoms with Crippen LogP contribution in [0.4, 0.5) is 10.3 Å². The summed E-state index contributed by atoms with van der Waals surface area (Å²) in [7, 11) is 0. The third-order valence-electron chi connectivity index (χ3n) is 2.81. The second kappa shape index (κ2) is 4.97. The molecule has 1 fully saturated rings. The molecule has 19 heavy (non-hydrogen) atoms. The maximum Gasteiger partial charge on any atom is 0.240 e. The number of benzene rings is 1. The maximum atomic E-state index is 13.9. The first-order valence-corrected chi connectivity index (χ1v) is 6.77.